The van der Waals surface area contributed by atoms with Gasteiger partial charge in [-0.05, 0) is 32.2 Å². The number of nitrogens with zero attached hydrogens (tertiary/aromatic N) is 3. The van der Waals surface area contributed by atoms with Crippen LogP contribution in [-0.4, -0.2) is 26.8 Å². The Morgan fingerprint density at radius 1 is 1.30 bits per heavy atom. The zero-order valence-electron chi connectivity index (χ0n) is 12.6. The first-order valence-corrected chi connectivity index (χ1v) is 9.22. The van der Waals surface area contributed by atoms with Gasteiger partial charge in [0, 0.05) is 17.1 Å². The zero-order valence-corrected chi connectivity index (χ0v) is 15.1. The second-order valence-electron chi connectivity index (χ2n) is 5.45. The van der Waals surface area contributed by atoms with Crippen molar-refractivity contribution in [2.45, 2.75) is 35.9 Å². The number of thiophene rings is 1. The third-order valence-corrected chi connectivity index (χ3v) is 5.04. The summed E-state index contributed by atoms with van der Waals surface area (Å²) in [4.78, 5) is 17.1. The summed E-state index contributed by atoms with van der Waals surface area (Å²) in [6.45, 7) is 5.45. The van der Waals surface area contributed by atoms with E-state index in [4.69, 9.17) is 9.15 Å². The van der Waals surface area contributed by atoms with E-state index in [1.807, 2.05) is 38.3 Å². The number of rotatable bonds is 4. The zero-order chi connectivity index (χ0) is 16.4. The molecule has 0 aliphatic heterocycles. The fourth-order valence-corrected chi connectivity index (χ4v) is 3.76. The van der Waals surface area contributed by atoms with Crippen LogP contribution in [0.3, 0.4) is 0 Å². The van der Waals surface area contributed by atoms with E-state index < -0.39 is 11.6 Å². The van der Waals surface area contributed by atoms with Crippen molar-refractivity contribution >= 4 is 40.4 Å². The second-order valence-corrected chi connectivity index (χ2v) is 8.46. The first-order valence-electron chi connectivity index (χ1n) is 6.65. The number of carbonyl (C=O) groups is 1. The van der Waals surface area contributed by atoms with Crippen molar-refractivity contribution in [3.8, 4) is 10.8 Å². The molecule has 120 valence electrons. The molecule has 0 saturated carbocycles. The number of carbonyl (C=O) groups excluding carboxylic acids is 1. The SMILES string of the molecule is CC(C)(C)OC(=O)c1csc(Sc2nnc(-c3cccs3)o2)n1. The maximum Gasteiger partial charge on any atom is 0.358 e. The maximum absolute atomic E-state index is 11.9. The van der Waals surface area contributed by atoms with Crippen LogP contribution in [0.15, 0.2) is 36.9 Å². The Kier molecular flexibility index (Phi) is 4.51. The highest BCUT2D eigenvalue weighted by molar-refractivity contribution is 8.00. The molecule has 0 spiro atoms. The summed E-state index contributed by atoms with van der Waals surface area (Å²) in [5.41, 5.74) is -0.263. The van der Waals surface area contributed by atoms with Gasteiger partial charge in [-0.3, -0.25) is 0 Å². The van der Waals surface area contributed by atoms with Gasteiger partial charge in [0.1, 0.15) is 5.60 Å². The van der Waals surface area contributed by atoms with Gasteiger partial charge in [-0.25, -0.2) is 9.78 Å². The van der Waals surface area contributed by atoms with Crippen molar-refractivity contribution in [3.63, 3.8) is 0 Å². The number of hydrogen-bond acceptors (Lipinski definition) is 9. The van der Waals surface area contributed by atoms with E-state index in [9.17, 15) is 4.79 Å². The Balaban J connectivity index is 1.69. The highest BCUT2D eigenvalue weighted by atomic mass is 32.2. The molecule has 0 bridgehead atoms. The van der Waals surface area contributed by atoms with Crippen molar-refractivity contribution in [1.82, 2.24) is 15.2 Å². The first-order chi connectivity index (χ1) is 10.9. The van der Waals surface area contributed by atoms with Gasteiger partial charge in [0.15, 0.2) is 10.0 Å². The van der Waals surface area contributed by atoms with Crippen LogP contribution >= 0.6 is 34.4 Å². The van der Waals surface area contributed by atoms with Crippen LogP contribution in [0, 0.1) is 0 Å². The molecule has 0 aromatic carbocycles. The maximum atomic E-state index is 11.9. The molecule has 3 rings (SSSR count). The van der Waals surface area contributed by atoms with Crippen molar-refractivity contribution < 1.29 is 13.9 Å². The minimum atomic E-state index is -0.546. The van der Waals surface area contributed by atoms with Crippen molar-refractivity contribution in [2.24, 2.45) is 0 Å². The normalized spacial score (nSPS) is 11.6. The molecule has 0 radical (unpaired) electrons. The van der Waals surface area contributed by atoms with E-state index >= 15 is 0 Å². The Labute approximate surface area is 144 Å². The Morgan fingerprint density at radius 3 is 2.83 bits per heavy atom. The van der Waals surface area contributed by atoms with Crippen molar-refractivity contribution in [3.05, 3.63) is 28.6 Å². The number of aromatic nitrogens is 3. The lowest BCUT2D eigenvalue weighted by Crippen LogP contribution is -2.24. The smallest absolute Gasteiger partial charge is 0.358 e. The summed E-state index contributed by atoms with van der Waals surface area (Å²) in [5.74, 6) is 0.0387. The van der Waals surface area contributed by atoms with Crippen LogP contribution in [0.4, 0.5) is 0 Å². The predicted octanol–water partition coefficient (Wildman–Crippen LogP) is 4.36. The van der Waals surface area contributed by atoms with Gasteiger partial charge in [0.25, 0.3) is 11.1 Å². The lowest BCUT2D eigenvalue weighted by Gasteiger charge is -2.18. The van der Waals surface area contributed by atoms with E-state index in [-0.39, 0.29) is 5.69 Å². The molecule has 0 saturated heterocycles. The van der Waals surface area contributed by atoms with Gasteiger partial charge in [-0.2, -0.15) is 0 Å². The molecule has 0 aliphatic rings. The molecule has 3 heterocycles. The molecule has 9 heteroatoms. The highest BCUT2D eigenvalue weighted by Gasteiger charge is 2.21. The molecule has 0 N–H and O–H groups in total. The van der Waals surface area contributed by atoms with Gasteiger partial charge >= 0.3 is 5.97 Å². The summed E-state index contributed by atoms with van der Waals surface area (Å²) in [6, 6.07) is 3.83. The third kappa shape index (κ3) is 4.18. The summed E-state index contributed by atoms with van der Waals surface area (Å²) in [6.07, 6.45) is 0. The van der Waals surface area contributed by atoms with Gasteiger partial charge in [-0.15, -0.1) is 32.9 Å². The average Bonchev–Trinajstić information content (AvgIpc) is 3.18. The number of ether oxygens (including phenoxy) is 1. The predicted molar refractivity (Wildman–Crippen MR) is 89.0 cm³/mol. The summed E-state index contributed by atoms with van der Waals surface area (Å²) in [7, 11) is 0. The highest BCUT2D eigenvalue weighted by Crippen LogP contribution is 2.32. The molecular formula is C14H13N3O3S3. The number of hydrogen-bond donors (Lipinski definition) is 0. The lowest BCUT2D eigenvalue weighted by molar-refractivity contribution is 0.00632. The molecule has 0 amide bonds. The van der Waals surface area contributed by atoms with Crippen LogP contribution in [0.1, 0.15) is 31.3 Å². The lowest BCUT2D eigenvalue weighted by atomic mass is 10.2. The monoisotopic (exact) mass is 367 g/mol. The molecule has 6 nitrogen and oxygen atoms in total. The summed E-state index contributed by atoms with van der Waals surface area (Å²) < 4.78 is 11.5. The molecule has 3 aromatic heterocycles. The first kappa shape index (κ1) is 16.2. The van der Waals surface area contributed by atoms with Gasteiger partial charge in [0.2, 0.25) is 0 Å². The van der Waals surface area contributed by atoms with Crippen molar-refractivity contribution in [2.75, 3.05) is 0 Å². The molecular weight excluding hydrogens is 354 g/mol. The minimum Gasteiger partial charge on any atom is -0.455 e. The van der Waals surface area contributed by atoms with Gasteiger partial charge < -0.3 is 9.15 Å². The molecule has 0 atom stereocenters. The van der Waals surface area contributed by atoms with Crippen LogP contribution < -0.4 is 0 Å². The van der Waals surface area contributed by atoms with Gasteiger partial charge in [-0.1, -0.05) is 6.07 Å². The second kappa shape index (κ2) is 6.42. The van der Waals surface area contributed by atoms with Crippen LogP contribution in [-0.2, 0) is 4.74 Å². The van der Waals surface area contributed by atoms with Crippen molar-refractivity contribution in [1.29, 1.82) is 0 Å². The molecule has 0 fully saturated rings. The van der Waals surface area contributed by atoms with E-state index in [1.165, 1.54) is 34.4 Å². The minimum absolute atomic E-state index is 0.283. The van der Waals surface area contributed by atoms with E-state index in [0.717, 1.165) is 4.88 Å². The fourth-order valence-electron chi connectivity index (χ4n) is 1.55. The molecule has 0 unspecified atom stereocenters. The fraction of sp³-hybridized carbons (Fsp3) is 0.286. The largest absolute Gasteiger partial charge is 0.455 e. The summed E-state index contributed by atoms with van der Waals surface area (Å²) in [5, 5.41) is 12.0. The molecule has 0 aliphatic carbocycles. The quantitative estimate of drug-likeness (QED) is 0.634. The number of esters is 1. The van der Waals surface area contributed by atoms with Crippen LogP contribution in [0.25, 0.3) is 10.8 Å². The third-order valence-electron chi connectivity index (χ3n) is 2.40. The molecule has 3 aromatic rings. The Morgan fingerprint density at radius 2 is 2.13 bits per heavy atom. The Hall–Kier alpha value is -1.71. The van der Waals surface area contributed by atoms with Gasteiger partial charge in [0.05, 0.1) is 4.88 Å². The topological polar surface area (TPSA) is 78.1 Å². The summed E-state index contributed by atoms with van der Waals surface area (Å²) >= 11 is 4.09. The van der Waals surface area contributed by atoms with E-state index in [1.54, 1.807) is 5.38 Å². The Bertz CT molecular complexity index is 803. The number of thiazole rings is 1. The molecule has 23 heavy (non-hydrogen) atoms. The van der Waals surface area contributed by atoms with Crippen LogP contribution in [0.5, 0.6) is 0 Å². The average molecular weight is 367 g/mol. The van der Waals surface area contributed by atoms with Crippen LogP contribution in [0.2, 0.25) is 0 Å². The standard InChI is InChI=1S/C14H13N3O3S3/c1-14(2,3)20-11(18)8-7-22-13(15-8)23-12-17-16-10(19-12)9-5-4-6-21-9/h4-7H,1-3H3. The van der Waals surface area contributed by atoms with E-state index in [0.29, 0.717) is 15.5 Å². The van der Waals surface area contributed by atoms with E-state index in [2.05, 4.69) is 15.2 Å².